The smallest absolute Gasteiger partial charge is 0.307 e. The predicted molar refractivity (Wildman–Crippen MR) is 105 cm³/mol. The molecule has 6 heteroatoms. The topological polar surface area (TPSA) is 75.2 Å². The number of hydrogen-bond donors (Lipinski definition) is 2. The van der Waals surface area contributed by atoms with Gasteiger partial charge in [0.1, 0.15) is 5.75 Å². The molecule has 0 unspecified atom stereocenters. The van der Waals surface area contributed by atoms with Gasteiger partial charge in [0.05, 0.1) is 4.88 Å². The summed E-state index contributed by atoms with van der Waals surface area (Å²) in [6.07, 6.45) is 3.50. The van der Waals surface area contributed by atoms with Gasteiger partial charge >= 0.3 is 4.87 Å². The molecule has 4 aromatic rings. The van der Waals surface area contributed by atoms with Gasteiger partial charge in [-0.1, -0.05) is 35.6 Å². The van der Waals surface area contributed by atoms with Crippen LogP contribution >= 0.6 is 11.3 Å². The van der Waals surface area contributed by atoms with Crippen molar-refractivity contribution in [2.24, 2.45) is 0 Å². The van der Waals surface area contributed by atoms with Gasteiger partial charge in [-0.25, -0.2) is 4.98 Å². The molecule has 0 aliphatic heterocycles. The van der Waals surface area contributed by atoms with Crippen LogP contribution in [0.3, 0.4) is 0 Å². The molecule has 5 nitrogen and oxygen atoms in total. The molecule has 2 heterocycles. The molecular formula is C21H16N2O3S. The van der Waals surface area contributed by atoms with Crippen LogP contribution in [0.5, 0.6) is 17.5 Å². The molecule has 0 amide bonds. The van der Waals surface area contributed by atoms with E-state index in [0.29, 0.717) is 10.8 Å². The molecule has 0 saturated carbocycles. The molecule has 1 atom stereocenters. The Morgan fingerprint density at radius 1 is 1.19 bits per heavy atom. The minimum atomic E-state index is -0.224. The van der Waals surface area contributed by atoms with E-state index in [2.05, 4.69) is 9.97 Å². The zero-order valence-electron chi connectivity index (χ0n) is 14.3. The van der Waals surface area contributed by atoms with Gasteiger partial charge in [0.25, 0.3) is 0 Å². The van der Waals surface area contributed by atoms with Crippen molar-refractivity contribution in [2.45, 2.75) is 18.8 Å². The molecule has 1 aliphatic carbocycles. The van der Waals surface area contributed by atoms with Crippen molar-refractivity contribution in [3.8, 4) is 17.5 Å². The number of nitrogens with one attached hydrogen (secondary N) is 1. The summed E-state index contributed by atoms with van der Waals surface area (Å²) in [7, 11) is 0. The molecule has 1 aliphatic rings. The maximum Gasteiger partial charge on any atom is 0.307 e. The number of hydrogen-bond acceptors (Lipinski definition) is 5. The Morgan fingerprint density at radius 2 is 2.07 bits per heavy atom. The minimum absolute atomic E-state index is 0.0110. The highest BCUT2D eigenvalue weighted by Gasteiger charge is 2.28. The zero-order valence-corrected chi connectivity index (χ0v) is 15.1. The van der Waals surface area contributed by atoms with Gasteiger partial charge in [0.2, 0.25) is 11.8 Å². The lowest BCUT2D eigenvalue weighted by Crippen LogP contribution is -1.95. The largest absolute Gasteiger partial charge is 0.494 e. The lowest BCUT2D eigenvalue weighted by Gasteiger charge is -2.12. The van der Waals surface area contributed by atoms with Crippen LogP contribution in [0.25, 0.3) is 10.8 Å². The summed E-state index contributed by atoms with van der Waals surface area (Å²) in [5.74, 6) is 1.37. The number of aromatic hydroxyl groups is 1. The molecule has 0 fully saturated rings. The molecule has 2 N–H and O–H groups in total. The standard InChI is InChI=1S/C21H16N2O3S/c24-19-18(27-21(25)23-19)17-7-5-13-11-14(6-8-15(13)17)26-20-16-4-2-1-3-12(16)9-10-22-20/h1-4,6,8-11,17,24H,5,7H2,(H,23,25)/t17-/m1/s1. The predicted octanol–water partition coefficient (Wildman–Crippen LogP) is 4.56. The number of ether oxygens (including phenoxy) is 1. The van der Waals surface area contributed by atoms with E-state index in [-0.39, 0.29) is 16.7 Å². The number of benzene rings is 2. The van der Waals surface area contributed by atoms with Crippen LogP contribution in [0.1, 0.15) is 28.3 Å². The molecule has 0 bridgehead atoms. The molecule has 2 aromatic heterocycles. The van der Waals surface area contributed by atoms with Crippen molar-refractivity contribution in [1.82, 2.24) is 9.97 Å². The van der Waals surface area contributed by atoms with Gasteiger partial charge in [-0.15, -0.1) is 0 Å². The number of aromatic nitrogens is 2. The fourth-order valence-electron chi connectivity index (χ4n) is 3.78. The Morgan fingerprint density at radius 3 is 2.93 bits per heavy atom. The van der Waals surface area contributed by atoms with E-state index in [0.717, 1.165) is 46.3 Å². The monoisotopic (exact) mass is 376 g/mol. The van der Waals surface area contributed by atoms with Crippen molar-refractivity contribution in [2.75, 3.05) is 0 Å². The molecule has 134 valence electrons. The third kappa shape index (κ3) is 2.78. The van der Waals surface area contributed by atoms with Crippen LogP contribution < -0.4 is 9.61 Å². The van der Waals surface area contributed by atoms with Crippen LogP contribution in [0.2, 0.25) is 0 Å². The summed E-state index contributed by atoms with van der Waals surface area (Å²) in [5, 5.41) is 12.0. The Kier molecular flexibility index (Phi) is 3.72. The van der Waals surface area contributed by atoms with Crippen molar-refractivity contribution >= 4 is 22.1 Å². The van der Waals surface area contributed by atoms with Crippen LogP contribution in [-0.4, -0.2) is 15.1 Å². The summed E-state index contributed by atoms with van der Waals surface area (Å²) >= 11 is 1.08. The first-order valence-electron chi connectivity index (χ1n) is 8.75. The summed E-state index contributed by atoms with van der Waals surface area (Å²) in [4.78, 5) is 18.8. The Labute approximate surface area is 158 Å². The molecule has 2 aromatic carbocycles. The summed E-state index contributed by atoms with van der Waals surface area (Å²) in [6, 6.07) is 15.9. The van der Waals surface area contributed by atoms with Crippen molar-refractivity contribution in [3.63, 3.8) is 0 Å². The first-order valence-corrected chi connectivity index (χ1v) is 9.57. The van der Waals surface area contributed by atoms with E-state index >= 15 is 0 Å². The maximum atomic E-state index is 11.5. The Balaban J connectivity index is 1.48. The van der Waals surface area contributed by atoms with Crippen LogP contribution in [-0.2, 0) is 6.42 Å². The highest BCUT2D eigenvalue weighted by Crippen LogP contribution is 2.43. The summed E-state index contributed by atoms with van der Waals surface area (Å²) < 4.78 is 6.07. The number of aryl methyl sites for hydroxylation is 1. The number of fused-ring (bicyclic) bond motifs is 2. The molecule has 0 radical (unpaired) electrons. The Bertz CT molecular complexity index is 1210. The van der Waals surface area contributed by atoms with Gasteiger partial charge in [-0.3, -0.25) is 9.78 Å². The van der Waals surface area contributed by atoms with E-state index < -0.39 is 0 Å². The summed E-state index contributed by atoms with van der Waals surface area (Å²) in [5.41, 5.74) is 2.32. The van der Waals surface area contributed by atoms with Gasteiger partial charge in [-0.05, 0) is 53.6 Å². The van der Waals surface area contributed by atoms with Crippen molar-refractivity contribution < 1.29 is 9.84 Å². The lowest BCUT2D eigenvalue weighted by atomic mass is 10.00. The van der Waals surface area contributed by atoms with Crippen molar-refractivity contribution in [1.29, 1.82) is 0 Å². The second-order valence-corrected chi connectivity index (χ2v) is 7.63. The van der Waals surface area contributed by atoms with E-state index in [9.17, 15) is 9.90 Å². The van der Waals surface area contributed by atoms with Crippen LogP contribution in [0.4, 0.5) is 0 Å². The molecule has 27 heavy (non-hydrogen) atoms. The van der Waals surface area contributed by atoms with Gasteiger partial charge in [-0.2, -0.15) is 0 Å². The molecule has 0 saturated heterocycles. The highest BCUT2D eigenvalue weighted by molar-refractivity contribution is 7.09. The molecular weight excluding hydrogens is 360 g/mol. The quantitative estimate of drug-likeness (QED) is 0.550. The average molecular weight is 376 g/mol. The summed E-state index contributed by atoms with van der Waals surface area (Å²) in [6.45, 7) is 0. The number of H-pyrrole nitrogens is 1. The average Bonchev–Trinajstić information content (AvgIpc) is 3.24. The van der Waals surface area contributed by atoms with Gasteiger partial charge in [0.15, 0.2) is 0 Å². The zero-order chi connectivity index (χ0) is 18.4. The van der Waals surface area contributed by atoms with Crippen molar-refractivity contribution in [3.05, 3.63) is 80.4 Å². The van der Waals surface area contributed by atoms with Crippen LogP contribution in [0.15, 0.2) is 59.5 Å². The third-order valence-corrected chi connectivity index (χ3v) is 6.00. The second-order valence-electron chi connectivity index (χ2n) is 6.62. The third-order valence-electron chi connectivity index (χ3n) is 5.02. The normalized spacial score (nSPS) is 15.8. The van der Waals surface area contributed by atoms with E-state index in [4.69, 9.17) is 4.74 Å². The van der Waals surface area contributed by atoms with Gasteiger partial charge in [0, 0.05) is 17.5 Å². The maximum absolute atomic E-state index is 11.5. The first kappa shape index (κ1) is 16.1. The fraction of sp³-hybridized carbons (Fsp3) is 0.143. The first-order chi connectivity index (χ1) is 13.2. The minimum Gasteiger partial charge on any atom is -0.494 e. The number of rotatable bonds is 3. The van der Waals surface area contributed by atoms with E-state index in [1.807, 2.05) is 48.5 Å². The number of pyridine rings is 1. The van der Waals surface area contributed by atoms with Gasteiger partial charge < -0.3 is 9.84 Å². The molecule has 0 spiro atoms. The van der Waals surface area contributed by atoms with E-state index in [1.165, 1.54) is 5.56 Å². The number of aromatic amines is 1. The lowest BCUT2D eigenvalue weighted by molar-refractivity contribution is 0.447. The fourth-order valence-corrected chi connectivity index (χ4v) is 4.66. The second kappa shape index (κ2) is 6.25. The Hall–Kier alpha value is -3.12. The SMILES string of the molecule is O=c1[nH]c(O)c([C@@H]2CCc3cc(Oc4nccc5ccccc45)ccc32)s1. The molecule has 5 rings (SSSR count). The number of nitrogens with zero attached hydrogens (tertiary/aromatic N) is 1. The van der Waals surface area contributed by atoms with E-state index in [1.54, 1.807) is 6.20 Å². The van der Waals surface area contributed by atoms with Crippen LogP contribution in [0, 0.1) is 0 Å². The number of thiazole rings is 1. The highest BCUT2D eigenvalue weighted by atomic mass is 32.1.